The summed E-state index contributed by atoms with van der Waals surface area (Å²) < 4.78 is 5.80. The smallest absolute Gasteiger partial charge is 0.740 e. The molecule has 0 spiro atoms. The molecule has 0 aliphatic heterocycles. The number of halogens is 2. The molecule has 0 aliphatic rings. The Morgan fingerprint density at radius 1 is 0.462 bits per heavy atom. The molecule has 11 heteroatoms. The molecule has 0 aliphatic carbocycles. The van der Waals surface area contributed by atoms with Crippen molar-refractivity contribution in [3.63, 3.8) is 0 Å². The molecular weight excluding hydrogens is 710 g/mol. The van der Waals surface area contributed by atoms with Crippen LogP contribution in [0.4, 0.5) is 0 Å². The van der Waals surface area contributed by atoms with Crippen molar-refractivity contribution in [2.24, 2.45) is 0 Å². The third kappa shape index (κ3) is 6.85. The summed E-state index contributed by atoms with van der Waals surface area (Å²) in [6, 6.07) is 35.6. The van der Waals surface area contributed by atoms with E-state index in [1.807, 2.05) is 118 Å². The zero-order valence-electron chi connectivity index (χ0n) is 20.4. The van der Waals surface area contributed by atoms with Gasteiger partial charge in [-0.15, -0.1) is 10.2 Å². The van der Waals surface area contributed by atoms with E-state index in [1.165, 1.54) is 0 Å². The molecule has 0 atom stereocenters. The van der Waals surface area contributed by atoms with Crippen molar-refractivity contribution in [1.82, 2.24) is 29.5 Å². The molecule has 0 unspecified atom stereocenters. The zero-order valence-corrected chi connectivity index (χ0v) is 28.1. The first-order valence-corrected chi connectivity index (χ1v) is 13.8. The van der Waals surface area contributed by atoms with Crippen LogP contribution in [0.2, 0.25) is 0 Å². The van der Waals surface area contributed by atoms with E-state index in [0.29, 0.717) is 10.3 Å². The van der Waals surface area contributed by atoms with Crippen molar-refractivity contribution in [2.45, 2.75) is 10.3 Å². The van der Waals surface area contributed by atoms with Gasteiger partial charge in [-0.2, -0.15) is 10.2 Å². The van der Waals surface area contributed by atoms with E-state index in [-0.39, 0.29) is 19.5 Å². The Kier molecular flexibility index (Phi) is 10.1. The molecule has 2 aromatic heterocycles. The fourth-order valence-corrected chi connectivity index (χ4v) is 4.73. The van der Waals surface area contributed by atoms with Gasteiger partial charge in [0.1, 0.15) is 0 Å². The first kappa shape index (κ1) is 29.2. The van der Waals surface area contributed by atoms with E-state index in [9.17, 15) is 0 Å². The maximum atomic E-state index is 5.26. The number of hydrogen-bond donors (Lipinski definition) is 0. The quantitative estimate of drug-likeness (QED) is 0.142. The fraction of sp³-hybridized carbons (Fsp3) is 0. The second-order valence-electron chi connectivity index (χ2n) is 7.97. The fourth-order valence-electron chi connectivity index (χ4n) is 3.73. The van der Waals surface area contributed by atoms with Gasteiger partial charge in [0.25, 0.3) is 0 Å². The molecule has 188 valence electrons. The summed E-state index contributed by atoms with van der Waals surface area (Å²) in [6.45, 7) is 0. The van der Waals surface area contributed by atoms with Crippen LogP contribution in [0.25, 0.3) is 34.2 Å². The van der Waals surface area contributed by atoms with Crippen molar-refractivity contribution in [3.05, 3.63) is 118 Å². The second-order valence-corrected chi connectivity index (χ2v) is 10.5. The van der Waals surface area contributed by atoms with Crippen LogP contribution in [-0.2, 0) is 44.7 Å². The SMILES string of the molecule is [S-]c1nnc(-c2ccc(Br)cc2)n1-c1ccccc1.[S-]c1nnc(-c2ccc(Br)cc2)n1-c1ccccc1.[Zn+2]. The summed E-state index contributed by atoms with van der Waals surface area (Å²) in [5.74, 6) is 1.51. The van der Waals surface area contributed by atoms with Gasteiger partial charge in [-0.1, -0.05) is 92.5 Å². The van der Waals surface area contributed by atoms with E-state index in [0.717, 1.165) is 43.1 Å². The van der Waals surface area contributed by atoms with Gasteiger partial charge >= 0.3 is 19.5 Å². The van der Waals surface area contributed by atoms with Gasteiger partial charge in [0, 0.05) is 41.8 Å². The maximum absolute atomic E-state index is 5.26. The number of hydrogen-bond acceptors (Lipinski definition) is 6. The summed E-state index contributed by atoms with van der Waals surface area (Å²) in [4.78, 5) is 0. The second kappa shape index (κ2) is 13.5. The zero-order chi connectivity index (χ0) is 26.5. The molecule has 0 saturated heterocycles. The molecule has 0 amide bonds. The van der Waals surface area contributed by atoms with Crippen molar-refractivity contribution in [3.8, 4) is 34.2 Å². The molecule has 0 bridgehead atoms. The average molecular weight is 728 g/mol. The van der Waals surface area contributed by atoms with Crippen LogP contribution in [0.1, 0.15) is 0 Å². The van der Waals surface area contributed by atoms with E-state index in [4.69, 9.17) is 25.3 Å². The number of aromatic nitrogens is 6. The van der Waals surface area contributed by atoms with Crippen LogP contribution >= 0.6 is 31.9 Å². The molecule has 0 fully saturated rings. The first-order chi connectivity index (χ1) is 18.5. The Labute approximate surface area is 266 Å². The molecule has 0 saturated carbocycles. The van der Waals surface area contributed by atoms with Gasteiger partial charge < -0.3 is 25.3 Å². The normalized spacial score (nSPS) is 10.3. The van der Waals surface area contributed by atoms with Gasteiger partial charge in [-0.25, -0.2) is 0 Å². The Morgan fingerprint density at radius 2 is 0.795 bits per heavy atom. The third-order valence-corrected chi connectivity index (χ3v) is 7.09. The first-order valence-electron chi connectivity index (χ1n) is 11.4. The average Bonchev–Trinajstić information content (AvgIpc) is 3.53. The van der Waals surface area contributed by atoms with E-state index < -0.39 is 0 Å². The largest absolute Gasteiger partial charge is 2.00 e. The molecule has 0 radical (unpaired) electrons. The van der Waals surface area contributed by atoms with Crippen LogP contribution < -0.4 is 0 Å². The van der Waals surface area contributed by atoms with Crippen LogP contribution in [-0.4, -0.2) is 29.5 Å². The van der Waals surface area contributed by atoms with Crippen molar-refractivity contribution >= 4 is 57.1 Å². The van der Waals surface area contributed by atoms with Gasteiger partial charge in [0.2, 0.25) is 0 Å². The maximum Gasteiger partial charge on any atom is 2.00 e. The van der Waals surface area contributed by atoms with Gasteiger partial charge in [-0.3, -0.25) is 9.13 Å². The van der Waals surface area contributed by atoms with Crippen LogP contribution in [0.15, 0.2) is 128 Å². The molecule has 2 heterocycles. The minimum Gasteiger partial charge on any atom is -0.740 e. The van der Waals surface area contributed by atoms with Gasteiger partial charge in [0.05, 0.1) is 0 Å². The molecule has 6 aromatic rings. The predicted molar refractivity (Wildman–Crippen MR) is 160 cm³/mol. The van der Waals surface area contributed by atoms with Gasteiger partial charge in [-0.05, 0) is 48.5 Å². The predicted octanol–water partition coefficient (Wildman–Crippen LogP) is 7.20. The van der Waals surface area contributed by atoms with Crippen molar-refractivity contribution in [1.29, 1.82) is 0 Å². The number of benzene rings is 4. The minimum atomic E-state index is 0. The van der Waals surface area contributed by atoms with Crippen LogP contribution in [0.3, 0.4) is 0 Å². The van der Waals surface area contributed by atoms with Crippen LogP contribution in [0, 0.1) is 0 Å². The minimum absolute atomic E-state index is 0. The Hall–Kier alpha value is -2.82. The van der Waals surface area contributed by atoms with Crippen molar-refractivity contribution in [2.75, 3.05) is 0 Å². The summed E-state index contributed by atoms with van der Waals surface area (Å²) in [5, 5.41) is 17.3. The number of rotatable bonds is 4. The summed E-state index contributed by atoms with van der Waals surface area (Å²) >= 11 is 17.4. The topological polar surface area (TPSA) is 61.4 Å². The van der Waals surface area contributed by atoms with Crippen LogP contribution in [0.5, 0.6) is 0 Å². The summed E-state index contributed by atoms with van der Waals surface area (Å²) in [5.41, 5.74) is 3.90. The Morgan fingerprint density at radius 3 is 1.13 bits per heavy atom. The van der Waals surface area contributed by atoms with E-state index >= 15 is 0 Å². The number of para-hydroxylation sites is 2. The summed E-state index contributed by atoms with van der Waals surface area (Å²) in [6.07, 6.45) is 0. The molecule has 4 aromatic carbocycles. The van der Waals surface area contributed by atoms with E-state index in [1.54, 1.807) is 0 Å². The summed E-state index contributed by atoms with van der Waals surface area (Å²) in [7, 11) is 0. The van der Waals surface area contributed by atoms with Crippen molar-refractivity contribution < 1.29 is 19.5 Å². The Bertz CT molecular complexity index is 1520. The van der Waals surface area contributed by atoms with Gasteiger partial charge in [0.15, 0.2) is 11.6 Å². The standard InChI is InChI=1S/2C14H10BrN3S.Zn/c2*15-11-8-6-10(7-9-11)13-16-17-14(19)18(13)12-4-2-1-3-5-12;/h2*1-9H,(H,17,19);/q;;+2/p-2. The Balaban J connectivity index is 0.000000176. The molecule has 0 N–H and O–H groups in total. The third-order valence-electron chi connectivity index (χ3n) is 5.50. The monoisotopic (exact) mass is 724 g/mol. The molecule has 6 nitrogen and oxygen atoms in total. The molecule has 6 rings (SSSR count). The van der Waals surface area contributed by atoms with E-state index in [2.05, 4.69) is 52.3 Å². The molecule has 39 heavy (non-hydrogen) atoms. The number of nitrogens with zero attached hydrogens (tertiary/aromatic N) is 6. The molecular formula is C28H18Br2N6S2Zn.